The number of aliphatic hydroxyl groups is 3. The van der Waals surface area contributed by atoms with E-state index < -0.39 is 36.8 Å². The van der Waals surface area contributed by atoms with E-state index in [4.69, 9.17) is 10.5 Å². The summed E-state index contributed by atoms with van der Waals surface area (Å²) in [6, 6.07) is 9.68. The lowest BCUT2D eigenvalue weighted by atomic mass is 10.1. The van der Waals surface area contributed by atoms with Crippen molar-refractivity contribution in [3.63, 3.8) is 0 Å². The van der Waals surface area contributed by atoms with Gasteiger partial charge in [0, 0.05) is 6.20 Å². The van der Waals surface area contributed by atoms with E-state index in [1.807, 2.05) is 30.3 Å². The number of anilines is 1. The van der Waals surface area contributed by atoms with E-state index in [1.165, 1.54) is 6.20 Å². The van der Waals surface area contributed by atoms with Crippen molar-refractivity contribution in [2.45, 2.75) is 31.1 Å². The quantitative estimate of drug-likeness (QED) is 0.410. The summed E-state index contributed by atoms with van der Waals surface area (Å²) >= 11 is 0. The van der Waals surface area contributed by atoms with Gasteiger partial charge in [0.2, 0.25) is 0 Å². The Morgan fingerprint density at radius 3 is 2.59 bits per heavy atom. The van der Waals surface area contributed by atoms with E-state index >= 15 is 0 Å². The van der Waals surface area contributed by atoms with Crippen molar-refractivity contribution in [2.24, 2.45) is 0 Å². The largest absolute Gasteiger partial charge is 0.394 e. The van der Waals surface area contributed by atoms with Crippen LogP contribution in [0.25, 0.3) is 11.3 Å². The van der Waals surface area contributed by atoms with Crippen molar-refractivity contribution in [3.05, 3.63) is 58.8 Å². The van der Waals surface area contributed by atoms with Gasteiger partial charge in [0.25, 0.3) is 0 Å². The lowest BCUT2D eigenvalue weighted by Crippen LogP contribution is -2.36. The predicted octanol–water partition coefficient (Wildman–Crippen LogP) is -1.26. The van der Waals surface area contributed by atoms with E-state index in [0.29, 0.717) is 17.8 Å². The van der Waals surface area contributed by atoms with Gasteiger partial charge in [-0.25, -0.2) is 9.48 Å². The molecule has 0 aliphatic carbocycles. The van der Waals surface area contributed by atoms with Gasteiger partial charge >= 0.3 is 5.69 Å². The maximum atomic E-state index is 12.3. The van der Waals surface area contributed by atoms with E-state index in [0.717, 1.165) is 10.1 Å². The van der Waals surface area contributed by atoms with Crippen LogP contribution in [0.15, 0.2) is 47.5 Å². The molecular formula is C18H20N6O5. The maximum Gasteiger partial charge on any atom is 0.351 e. The average molecular weight is 400 g/mol. The van der Waals surface area contributed by atoms with Crippen LogP contribution in [0.2, 0.25) is 0 Å². The van der Waals surface area contributed by atoms with Crippen LogP contribution in [0.4, 0.5) is 5.82 Å². The molecule has 2 aromatic heterocycles. The molecule has 11 nitrogen and oxygen atoms in total. The molecule has 152 valence electrons. The Morgan fingerprint density at radius 2 is 1.90 bits per heavy atom. The Balaban J connectivity index is 1.66. The molecule has 0 bridgehead atoms. The number of aliphatic hydroxyl groups excluding tert-OH is 3. The zero-order valence-corrected chi connectivity index (χ0v) is 15.2. The summed E-state index contributed by atoms with van der Waals surface area (Å²) in [5.41, 5.74) is 6.87. The zero-order valence-electron chi connectivity index (χ0n) is 15.2. The molecule has 1 aromatic carbocycles. The summed E-state index contributed by atoms with van der Waals surface area (Å²) in [5, 5.41) is 37.6. The van der Waals surface area contributed by atoms with Crippen molar-refractivity contribution in [1.29, 1.82) is 0 Å². The molecule has 4 rings (SSSR count). The molecule has 0 amide bonds. The zero-order chi connectivity index (χ0) is 20.5. The predicted molar refractivity (Wildman–Crippen MR) is 100 cm³/mol. The maximum absolute atomic E-state index is 12.3. The molecule has 5 N–H and O–H groups in total. The Morgan fingerprint density at radius 1 is 1.14 bits per heavy atom. The van der Waals surface area contributed by atoms with Crippen LogP contribution in [0, 0.1) is 0 Å². The summed E-state index contributed by atoms with van der Waals surface area (Å²) in [6.07, 6.45) is -1.99. The summed E-state index contributed by atoms with van der Waals surface area (Å²) < 4.78 is 8.04. The lowest BCUT2D eigenvalue weighted by molar-refractivity contribution is -0.0548. The van der Waals surface area contributed by atoms with Gasteiger partial charge in [-0.05, 0) is 5.56 Å². The lowest BCUT2D eigenvalue weighted by Gasteiger charge is -2.18. The van der Waals surface area contributed by atoms with Crippen molar-refractivity contribution < 1.29 is 20.1 Å². The fraction of sp³-hybridized carbons (Fsp3) is 0.333. The molecule has 29 heavy (non-hydrogen) atoms. The number of rotatable bonds is 5. The van der Waals surface area contributed by atoms with Gasteiger partial charge in [0.1, 0.15) is 29.8 Å². The van der Waals surface area contributed by atoms with E-state index in [9.17, 15) is 20.1 Å². The van der Waals surface area contributed by atoms with Gasteiger partial charge in [-0.1, -0.05) is 35.5 Å². The Hall–Kier alpha value is -3.12. The molecule has 0 spiro atoms. The molecule has 1 aliphatic heterocycles. The van der Waals surface area contributed by atoms with Gasteiger partial charge in [-0.15, -0.1) is 5.10 Å². The van der Waals surface area contributed by atoms with Crippen LogP contribution in [0.3, 0.4) is 0 Å². The van der Waals surface area contributed by atoms with E-state index in [-0.39, 0.29) is 5.82 Å². The number of nitrogen functional groups attached to an aromatic ring is 1. The average Bonchev–Trinajstić information content (AvgIpc) is 3.28. The number of nitrogens with two attached hydrogens (primary N) is 1. The molecule has 3 heterocycles. The molecule has 1 aliphatic rings. The van der Waals surface area contributed by atoms with Crippen molar-refractivity contribution in [3.8, 4) is 11.3 Å². The summed E-state index contributed by atoms with van der Waals surface area (Å²) in [6.45, 7) is -0.0117. The number of hydrogen-bond acceptors (Lipinski definition) is 9. The molecular weight excluding hydrogens is 380 g/mol. The SMILES string of the molecule is Nc1nc(=O)n(C2OC(CO)C(O)C2O)cc1-c1cn(Cc2ccccc2)nn1. The van der Waals surface area contributed by atoms with Gasteiger partial charge in [-0.3, -0.25) is 4.57 Å². The molecule has 4 atom stereocenters. The minimum absolute atomic E-state index is 0.0512. The molecule has 1 saturated heterocycles. The third-order valence-corrected chi connectivity index (χ3v) is 4.77. The summed E-state index contributed by atoms with van der Waals surface area (Å²) in [4.78, 5) is 16.1. The first-order valence-corrected chi connectivity index (χ1v) is 8.93. The molecule has 3 aromatic rings. The third-order valence-electron chi connectivity index (χ3n) is 4.77. The normalized spacial score (nSPS) is 24.1. The molecule has 1 fully saturated rings. The monoisotopic (exact) mass is 400 g/mol. The number of aromatic nitrogens is 5. The molecule has 0 saturated carbocycles. The Bertz CT molecular complexity index is 1050. The number of benzene rings is 1. The first kappa shape index (κ1) is 19.2. The first-order valence-electron chi connectivity index (χ1n) is 8.93. The van der Waals surface area contributed by atoms with Crippen molar-refractivity contribution in [2.75, 3.05) is 12.3 Å². The first-order chi connectivity index (χ1) is 14.0. The minimum Gasteiger partial charge on any atom is -0.394 e. The van der Waals surface area contributed by atoms with Crippen LogP contribution in [-0.4, -0.2) is 64.8 Å². The third kappa shape index (κ3) is 3.63. The van der Waals surface area contributed by atoms with E-state index in [1.54, 1.807) is 10.9 Å². The van der Waals surface area contributed by atoms with Gasteiger partial charge in [-0.2, -0.15) is 4.98 Å². The second-order valence-corrected chi connectivity index (χ2v) is 6.75. The Kier molecular flexibility index (Phi) is 5.11. The minimum atomic E-state index is -1.42. The highest BCUT2D eigenvalue weighted by Crippen LogP contribution is 2.30. The van der Waals surface area contributed by atoms with Crippen molar-refractivity contribution >= 4 is 5.82 Å². The highest BCUT2D eigenvalue weighted by molar-refractivity contribution is 5.68. The molecule has 0 radical (unpaired) electrons. The van der Waals surface area contributed by atoms with Crippen molar-refractivity contribution in [1.82, 2.24) is 24.5 Å². The standard InChI is InChI=1S/C18H20N6O5/c19-16-11(12-8-23(22-21-12)6-10-4-2-1-3-5-10)7-24(18(28)20-16)17-15(27)14(26)13(9-25)29-17/h1-5,7-8,13-15,17,25-27H,6,9H2,(H2,19,20,28). The second kappa shape index (κ2) is 7.72. The van der Waals surface area contributed by atoms with E-state index in [2.05, 4.69) is 15.3 Å². The van der Waals surface area contributed by atoms with Crippen LogP contribution in [0.1, 0.15) is 11.8 Å². The summed E-state index contributed by atoms with van der Waals surface area (Å²) in [7, 11) is 0. The number of ether oxygens (including phenoxy) is 1. The topological polar surface area (TPSA) is 162 Å². The molecule has 4 unspecified atom stereocenters. The number of hydrogen-bond donors (Lipinski definition) is 4. The van der Waals surface area contributed by atoms with Gasteiger partial charge in [0.15, 0.2) is 6.23 Å². The second-order valence-electron chi connectivity index (χ2n) is 6.75. The summed E-state index contributed by atoms with van der Waals surface area (Å²) in [5.74, 6) is -0.0512. The van der Waals surface area contributed by atoms with Gasteiger partial charge in [0.05, 0.1) is 24.9 Å². The van der Waals surface area contributed by atoms with Gasteiger partial charge < -0.3 is 25.8 Å². The smallest absolute Gasteiger partial charge is 0.351 e. The molecule has 11 heteroatoms. The van der Waals surface area contributed by atoms with Crippen LogP contribution >= 0.6 is 0 Å². The van der Waals surface area contributed by atoms with Crippen LogP contribution < -0.4 is 11.4 Å². The fourth-order valence-electron chi connectivity index (χ4n) is 3.24. The highest BCUT2D eigenvalue weighted by Gasteiger charge is 2.44. The van der Waals surface area contributed by atoms with Crippen LogP contribution in [-0.2, 0) is 11.3 Å². The van der Waals surface area contributed by atoms with Crippen LogP contribution in [0.5, 0.6) is 0 Å². The fourth-order valence-corrected chi connectivity index (χ4v) is 3.24. The Labute approximate surface area is 164 Å². The highest BCUT2D eigenvalue weighted by atomic mass is 16.6. The number of nitrogens with zero attached hydrogens (tertiary/aromatic N) is 5.